The Balaban J connectivity index is 1.90. The first-order valence-electron chi connectivity index (χ1n) is 7.27. The summed E-state index contributed by atoms with van der Waals surface area (Å²) < 4.78 is 0. The molecule has 2 atom stereocenters. The summed E-state index contributed by atoms with van der Waals surface area (Å²) in [6, 6.07) is 0. The number of carbonyl (C=O) groups is 1. The van der Waals surface area contributed by atoms with E-state index in [0.29, 0.717) is 18.4 Å². The molecule has 0 saturated carbocycles. The van der Waals surface area contributed by atoms with E-state index < -0.39 is 0 Å². The highest BCUT2D eigenvalue weighted by atomic mass is 16.2. The maximum absolute atomic E-state index is 12.0. The maximum Gasteiger partial charge on any atom is 0.237 e. The molecule has 0 aromatic carbocycles. The lowest BCUT2D eigenvalue weighted by Gasteiger charge is -2.34. The molecule has 0 aliphatic carbocycles. The molecule has 4 heteroatoms. The van der Waals surface area contributed by atoms with E-state index in [0.717, 1.165) is 19.5 Å². The number of likely N-dealkylation sites (tertiary alicyclic amines) is 1. The molecule has 4 nitrogen and oxygen atoms in total. The first-order valence-corrected chi connectivity index (χ1v) is 7.27. The average molecular weight is 253 g/mol. The molecule has 18 heavy (non-hydrogen) atoms. The molecule has 0 radical (unpaired) electrons. The van der Waals surface area contributed by atoms with Crippen molar-refractivity contribution in [2.45, 2.75) is 39.3 Å². The molecule has 2 rings (SSSR count). The van der Waals surface area contributed by atoms with E-state index in [2.05, 4.69) is 36.0 Å². The molecule has 104 valence electrons. The second-order valence-electron chi connectivity index (χ2n) is 6.34. The third kappa shape index (κ3) is 3.45. The van der Waals surface area contributed by atoms with Crippen LogP contribution in [0.25, 0.3) is 0 Å². The molecule has 2 aliphatic heterocycles. The SMILES string of the molecule is CC(C)CC1NCC(=O)N1CC1CCCN(C)C1. The van der Waals surface area contributed by atoms with Crippen LogP contribution in [0.15, 0.2) is 0 Å². The van der Waals surface area contributed by atoms with Crippen molar-refractivity contribution >= 4 is 5.91 Å². The summed E-state index contributed by atoms with van der Waals surface area (Å²) in [6.07, 6.45) is 3.87. The number of piperidine rings is 1. The third-order valence-electron chi connectivity index (χ3n) is 4.06. The number of amides is 1. The first-order chi connectivity index (χ1) is 8.56. The van der Waals surface area contributed by atoms with E-state index in [1.807, 2.05) is 0 Å². The maximum atomic E-state index is 12.0. The number of carbonyl (C=O) groups excluding carboxylic acids is 1. The van der Waals surface area contributed by atoms with Crippen molar-refractivity contribution in [1.82, 2.24) is 15.1 Å². The summed E-state index contributed by atoms with van der Waals surface area (Å²) in [5, 5.41) is 3.35. The number of hydrogen-bond donors (Lipinski definition) is 1. The van der Waals surface area contributed by atoms with Gasteiger partial charge < -0.3 is 9.80 Å². The van der Waals surface area contributed by atoms with Crippen molar-refractivity contribution < 1.29 is 4.79 Å². The Hall–Kier alpha value is -0.610. The zero-order valence-corrected chi connectivity index (χ0v) is 12.0. The Morgan fingerprint density at radius 1 is 1.44 bits per heavy atom. The molecule has 2 unspecified atom stereocenters. The minimum atomic E-state index is 0.268. The predicted molar refractivity (Wildman–Crippen MR) is 73.2 cm³/mol. The van der Waals surface area contributed by atoms with Gasteiger partial charge in [0.2, 0.25) is 5.91 Å². The van der Waals surface area contributed by atoms with Gasteiger partial charge in [0.05, 0.1) is 12.7 Å². The van der Waals surface area contributed by atoms with Crippen molar-refractivity contribution in [2.24, 2.45) is 11.8 Å². The molecule has 0 aromatic rings. The van der Waals surface area contributed by atoms with Crippen LogP contribution in [0.2, 0.25) is 0 Å². The lowest BCUT2D eigenvalue weighted by atomic mass is 9.97. The Morgan fingerprint density at radius 3 is 2.89 bits per heavy atom. The Kier molecular flexibility index (Phi) is 4.62. The van der Waals surface area contributed by atoms with E-state index in [1.54, 1.807) is 0 Å². The highest BCUT2D eigenvalue weighted by molar-refractivity contribution is 5.80. The summed E-state index contributed by atoms with van der Waals surface area (Å²) in [7, 11) is 2.18. The van der Waals surface area contributed by atoms with Crippen molar-refractivity contribution in [3.8, 4) is 0 Å². The summed E-state index contributed by atoms with van der Waals surface area (Å²) in [5.41, 5.74) is 0. The summed E-state index contributed by atoms with van der Waals surface area (Å²) in [5.74, 6) is 1.57. The van der Waals surface area contributed by atoms with Crippen LogP contribution in [0.5, 0.6) is 0 Å². The quantitative estimate of drug-likeness (QED) is 0.816. The molecular formula is C14H27N3O. The molecule has 2 fully saturated rings. The largest absolute Gasteiger partial charge is 0.326 e. The van der Waals surface area contributed by atoms with Crippen LogP contribution in [0, 0.1) is 11.8 Å². The topological polar surface area (TPSA) is 35.6 Å². The fourth-order valence-corrected chi connectivity index (χ4v) is 3.18. The normalized spacial score (nSPS) is 30.4. The number of nitrogens with zero attached hydrogens (tertiary/aromatic N) is 2. The Bertz CT molecular complexity index is 293. The predicted octanol–water partition coefficient (Wildman–Crippen LogP) is 1.13. The van der Waals surface area contributed by atoms with E-state index >= 15 is 0 Å². The highest BCUT2D eigenvalue weighted by Gasteiger charge is 2.33. The van der Waals surface area contributed by atoms with Crippen LogP contribution in [-0.2, 0) is 4.79 Å². The number of nitrogens with one attached hydrogen (secondary N) is 1. The minimum Gasteiger partial charge on any atom is -0.326 e. The molecule has 0 spiro atoms. The van der Waals surface area contributed by atoms with Crippen LogP contribution >= 0.6 is 0 Å². The molecule has 1 amide bonds. The molecule has 2 heterocycles. The molecule has 0 aromatic heterocycles. The van der Waals surface area contributed by atoms with E-state index in [1.165, 1.54) is 19.4 Å². The number of hydrogen-bond acceptors (Lipinski definition) is 3. The fourth-order valence-electron chi connectivity index (χ4n) is 3.18. The Morgan fingerprint density at radius 2 is 2.22 bits per heavy atom. The van der Waals surface area contributed by atoms with Crippen LogP contribution in [0.4, 0.5) is 0 Å². The van der Waals surface area contributed by atoms with E-state index in [-0.39, 0.29) is 12.1 Å². The van der Waals surface area contributed by atoms with Gasteiger partial charge in [0.15, 0.2) is 0 Å². The lowest BCUT2D eigenvalue weighted by Crippen LogP contribution is -2.44. The third-order valence-corrected chi connectivity index (χ3v) is 4.06. The van der Waals surface area contributed by atoms with E-state index in [9.17, 15) is 4.79 Å². The highest BCUT2D eigenvalue weighted by Crippen LogP contribution is 2.21. The Labute approximate surface area is 111 Å². The van der Waals surface area contributed by atoms with Crippen molar-refractivity contribution in [1.29, 1.82) is 0 Å². The van der Waals surface area contributed by atoms with Gasteiger partial charge in [-0.05, 0) is 44.7 Å². The van der Waals surface area contributed by atoms with Gasteiger partial charge in [-0.15, -0.1) is 0 Å². The van der Waals surface area contributed by atoms with Crippen molar-refractivity contribution in [3.63, 3.8) is 0 Å². The molecule has 0 bridgehead atoms. The fraction of sp³-hybridized carbons (Fsp3) is 0.929. The van der Waals surface area contributed by atoms with Crippen molar-refractivity contribution in [2.75, 3.05) is 33.2 Å². The van der Waals surface area contributed by atoms with Gasteiger partial charge in [-0.25, -0.2) is 0 Å². The summed E-state index contributed by atoms with van der Waals surface area (Å²) in [6.45, 7) is 8.25. The van der Waals surface area contributed by atoms with Crippen LogP contribution in [-0.4, -0.2) is 55.1 Å². The van der Waals surface area contributed by atoms with Gasteiger partial charge in [0.1, 0.15) is 0 Å². The van der Waals surface area contributed by atoms with Gasteiger partial charge >= 0.3 is 0 Å². The second kappa shape index (κ2) is 6.02. The average Bonchev–Trinajstić information content (AvgIpc) is 2.61. The standard InChI is InChI=1S/C14H27N3O/c1-11(2)7-13-15-8-14(18)17(13)10-12-5-4-6-16(3)9-12/h11-13,15H,4-10H2,1-3H3. The minimum absolute atomic E-state index is 0.268. The summed E-state index contributed by atoms with van der Waals surface area (Å²) in [4.78, 5) is 16.4. The zero-order valence-electron chi connectivity index (χ0n) is 12.0. The second-order valence-corrected chi connectivity index (χ2v) is 6.34. The molecule has 2 saturated heterocycles. The molecule has 2 aliphatic rings. The molecular weight excluding hydrogens is 226 g/mol. The van der Waals surface area contributed by atoms with Crippen LogP contribution in [0.1, 0.15) is 33.1 Å². The zero-order chi connectivity index (χ0) is 13.1. The first kappa shape index (κ1) is 13.8. The van der Waals surface area contributed by atoms with Gasteiger partial charge in [-0.2, -0.15) is 0 Å². The smallest absolute Gasteiger partial charge is 0.237 e. The van der Waals surface area contributed by atoms with E-state index in [4.69, 9.17) is 0 Å². The number of rotatable bonds is 4. The summed E-state index contributed by atoms with van der Waals surface area (Å²) >= 11 is 0. The van der Waals surface area contributed by atoms with Gasteiger partial charge in [-0.3, -0.25) is 10.1 Å². The van der Waals surface area contributed by atoms with Gasteiger partial charge in [-0.1, -0.05) is 13.8 Å². The van der Waals surface area contributed by atoms with Crippen LogP contribution in [0.3, 0.4) is 0 Å². The monoisotopic (exact) mass is 253 g/mol. The van der Waals surface area contributed by atoms with Gasteiger partial charge in [0.25, 0.3) is 0 Å². The van der Waals surface area contributed by atoms with Gasteiger partial charge in [0, 0.05) is 13.1 Å². The lowest BCUT2D eigenvalue weighted by molar-refractivity contribution is -0.129. The van der Waals surface area contributed by atoms with Crippen molar-refractivity contribution in [3.05, 3.63) is 0 Å². The molecule has 1 N–H and O–H groups in total. The van der Waals surface area contributed by atoms with Crippen LogP contribution < -0.4 is 5.32 Å².